The van der Waals surface area contributed by atoms with Crippen LogP contribution in [0.5, 0.6) is 0 Å². The Hall–Kier alpha value is -2.83. The van der Waals surface area contributed by atoms with Gasteiger partial charge in [-0.15, -0.1) is 5.10 Å². The maximum absolute atomic E-state index is 14.1. The summed E-state index contributed by atoms with van der Waals surface area (Å²) >= 11 is 0. The van der Waals surface area contributed by atoms with Crippen molar-refractivity contribution in [2.24, 2.45) is 0 Å². The number of fused-ring (bicyclic) bond motifs is 5. The molecule has 0 unspecified atom stereocenters. The Bertz CT molecular complexity index is 957. The van der Waals surface area contributed by atoms with Crippen LogP contribution in [0.3, 0.4) is 0 Å². The first-order chi connectivity index (χ1) is 12.5. The molecule has 2 bridgehead atoms. The molecule has 1 amide bonds. The number of aromatic nitrogens is 2. The van der Waals surface area contributed by atoms with Crippen LogP contribution in [0.25, 0.3) is 11.3 Å². The summed E-state index contributed by atoms with van der Waals surface area (Å²) in [5.41, 5.74) is 1.62. The highest BCUT2D eigenvalue weighted by molar-refractivity contribution is 5.74. The number of hydrogen-bond donors (Lipinski definition) is 0. The normalized spacial score (nSPS) is 26.4. The SMILES string of the molecule is C=C1[C@@H]2CC[C@@]1(N1CCOC1=O)c1nnc(-c3c(F)cccc3F)cc12. The fourth-order valence-electron chi connectivity index (χ4n) is 4.62. The number of amides is 1. The fourth-order valence-corrected chi connectivity index (χ4v) is 4.62. The number of cyclic esters (lactones) is 1. The van der Waals surface area contributed by atoms with E-state index < -0.39 is 17.2 Å². The Morgan fingerprint density at radius 3 is 2.73 bits per heavy atom. The van der Waals surface area contributed by atoms with Crippen molar-refractivity contribution in [3.63, 3.8) is 0 Å². The van der Waals surface area contributed by atoms with Gasteiger partial charge in [0.1, 0.15) is 23.8 Å². The Balaban J connectivity index is 1.68. The molecule has 1 aliphatic heterocycles. The second-order valence-corrected chi connectivity index (χ2v) is 6.87. The van der Waals surface area contributed by atoms with Gasteiger partial charge in [0.25, 0.3) is 0 Å². The molecule has 26 heavy (non-hydrogen) atoms. The van der Waals surface area contributed by atoms with Crippen LogP contribution in [0.2, 0.25) is 0 Å². The van der Waals surface area contributed by atoms with Crippen molar-refractivity contribution in [2.45, 2.75) is 24.3 Å². The third kappa shape index (κ3) is 1.75. The van der Waals surface area contributed by atoms with E-state index in [-0.39, 0.29) is 23.3 Å². The maximum atomic E-state index is 14.1. The molecule has 2 fully saturated rings. The molecule has 0 N–H and O–H groups in total. The van der Waals surface area contributed by atoms with E-state index in [4.69, 9.17) is 4.74 Å². The van der Waals surface area contributed by atoms with Gasteiger partial charge in [-0.2, -0.15) is 5.10 Å². The van der Waals surface area contributed by atoms with E-state index in [0.29, 0.717) is 25.3 Å². The molecule has 2 atom stereocenters. The molecule has 0 radical (unpaired) electrons. The van der Waals surface area contributed by atoms with Crippen molar-refractivity contribution in [1.82, 2.24) is 15.1 Å². The topological polar surface area (TPSA) is 55.3 Å². The molecule has 2 aliphatic carbocycles. The molecule has 5 rings (SSSR count). The first-order valence-electron chi connectivity index (χ1n) is 8.50. The highest BCUT2D eigenvalue weighted by Crippen LogP contribution is 2.61. The zero-order valence-corrected chi connectivity index (χ0v) is 13.8. The van der Waals surface area contributed by atoms with Crippen LogP contribution in [0.1, 0.15) is 30.0 Å². The van der Waals surface area contributed by atoms with Crippen LogP contribution in [0.4, 0.5) is 13.6 Å². The van der Waals surface area contributed by atoms with Crippen LogP contribution in [-0.2, 0) is 10.3 Å². The van der Waals surface area contributed by atoms with Gasteiger partial charge in [-0.1, -0.05) is 12.6 Å². The predicted molar refractivity (Wildman–Crippen MR) is 88.2 cm³/mol. The number of carbonyl (C=O) groups excluding carboxylic acids is 1. The molecule has 1 saturated carbocycles. The third-order valence-electron chi connectivity index (χ3n) is 5.78. The maximum Gasteiger partial charge on any atom is 0.410 e. The minimum Gasteiger partial charge on any atom is -0.447 e. The monoisotopic (exact) mass is 355 g/mol. The minimum atomic E-state index is -0.715. The first-order valence-corrected chi connectivity index (χ1v) is 8.50. The van der Waals surface area contributed by atoms with Crippen molar-refractivity contribution in [3.05, 3.63) is 59.3 Å². The summed E-state index contributed by atoms with van der Waals surface area (Å²) in [4.78, 5) is 13.9. The van der Waals surface area contributed by atoms with Gasteiger partial charge < -0.3 is 4.74 Å². The van der Waals surface area contributed by atoms with Gasteiger partial charge >= 0.3 is 6.09 Å². The molecule has 5 nitrogen and oxygen atoms in total. The number of carbonyl (C=O) groups is 1. The molecule has 132 valence electrons. The van der Waals surface area contributed by atoms with Crippen LogP contribution in [0, 0.1) is 11.6 Å². The summed E-state index contributed by atoms with van der Waals surface area (Å²) in [6.07, 6.45) is 1.13. The van der Waals surface area contributed by atoms with Gasteiger partial charge in [0.05, 0.1) is 23.5 Å². The van der Waals surface area contributed by atoms with Crippen LogP contribution in [-0.4, -0.2) is 34.3 Å². The average Bonchev–Trinajstić information content (AvgIpc) is 3.26. The van der Waals surface area contributed by atoms with Crippen molar-refractivity contribution < 1.29 is 18.3 Å². The highest BCUT2D eigenvalue weighted by Gasteiger charge is 2.59. The van der Waals surface area contributed by atoms with Crippen molar-refractivity contribution in [2.75, 3.05) is 13.2 Å². The number of rotatable bonds is 2. The smallest absolute Gasteiger partial charge is 0.410 e. The largest absolute Gasteiger partial charge is 0.447 e. The number of hydrogen-bond acceptors (Lipinski definition) is 4. The number of halogens is 2. The van der Waals surface area contributed by atoms with Crippen molar-refractivity contribution in [1.29, 1.82) is 0 Å². The second-order valence-electron chi connectivity index (χ2n) is 6.87. The van der Waals surface area contributed by atoms with Crippen LogP contribution >= 0.6 is 0 Å². The molecule has 7 heteroatoms. The predicted octanol–water partition coefficient (Wildman–Crippen LogP) is 3.52. The number of ether oxygens (including phenoxy) is 1. The van der Waals surface area contributed by atoms with Gasteiger partial charge in [0.2, 0.25) is 0 Å². The summed E-state index contributed by atoms with van der Waals surface area (Å²) in [6, 6.07) is 5.38. The first kappa shape index (κ1) is 15.4. The van der Waals surface area contributed by atoms with E-state index in [2.05, 4.69) is 16.8 Å². The van der Waals surface area contributed by atoms with Gasteiger partial charge in [-0.3, -0.25) is 4.90 Å². The summed E-state index contributed by atoms with van der Waals surface area (Å²) in [7, 11) is 0. The lowest BCUT2D eigenvalue weighted by molar-refractivity contribution is 0.126. The summed E-state index contributed by atoms with van der Waals surface area (Å²) in [6.45, 7) is 5.02. The molecule has 3 aliphatic rings. The molecule has 2 aromatic rings. The molecule has 2 heterocycles. The van der Waals surface area contributed by atoms with Crippen LogP contribution in [0.15, 0.2) is 36.4 Å². The Labute approximate surface area is 148 Å². The zero-order chi connectivity index (χ0) is 18.1. The third-order valence-corrected chi connectivity index (χ3v) is 5.78. The Kier molecular flexibility index (Phi) is 3.02. The molecule has 1 aromatic heterocycles. The van der Waals surface area contributed by atoms with E-state index in [9.17, 15) is 13.6 Å². The minimum absolute atomic E-state index is 0.00230. The number of nitrogens with zero attached hydrogens (tertiary/aromatic N) is 3. The van der Waals surface area contributed by atoms with Crippen molar-refractivity contribution >= 4 is 6.09 Å². The van der Waals surface area contributed by atoms with E-state index in [1.54, 1.807) is 11.0 Å². The van der Waals surface area contributed by atoms with Gasteiger partial charge in [-0.25, -0.2) is 13.6 Å². The lowest BCUT2D eigenvalue weighted by Gasteiger charge is -2.35. The standard InChI is InChI=1S/C19H15F2N3O2/c1-10-11-5-6-19(10,24-7-8-26-18(24)25)17-12(11)9-15(22-23-17)16-13(20)3-2-4-14(16)21/h2-4,9,11H,1,5-8H2/t11-,19-/m0/s1. The summed E-state index contributed by atoms with van der Waals surface area (Å²) in [5, 5.41) is 8.40. The second kappa shape index (κ2) is 5.09. The summed E-state index contributed by atoms with van der Waals surface area (Å²) < 4.78 is 33.4. The molecular weight excluding hydrogens is 340 g/mol. The van der Waals surface area contributed by atoms with Gasteiger partial charge in [-0.05, 0) is 42.2 Å². The zero-order valence-electron chi connectivity index (χ0n) is 13.8. The molecule has 1 aromatic carbocycles. The lowest BCUT2D eigenvalue weighted by Crippen LogP contribution is -2.45. The van der Waals surface area contributed by atoms with E-state index in [1.807, 2.05) is 0 Å². The summed E-state index contributed by atoms with van der Waals surface area (Å²) in [5.74, 6) is -1.36. The van der Waals surface area contributed by atoms with Gasteiger partial charge in [0, 0.05) is 5.92 Å². The fraction of sp³-hybridized carbons (Fsp3) is 0.316. The molecular formula is C19H15F2N3O2. The number of benzene rings is 1. The average molecular weight is 355 g/mol. The molecule has 0 spiro atoms. The van der Waals surface area contributed by atoms with E-state index >= 15 is 0 Å². The highest BCUT2D eigenvalue weighted by atomic mass is 19.1. The Morgan fingerprint density at radius 2 is 2.04 bits per heavy atom. The van der Waals surface area contributed by atoms with E-state index in [0.717, 1.165) is 17.6 Å². The van der Waals surface area contributed by atoms with Gasteiger partial charge in [0.15, 0.2) is 0 Å². The quantitative estimate of drug-likeness (QED) is 0.774. The Morgan fingerprint density at radius 1 is 1.27 bits per heavy atom. The van der Waals surface area contributed by atoms with Crippen molar-refractivity contribution in [3.8, 4) is 11.3 Å². The molecule has 1 saturated heterocycles. The lowest BCUT2D eigenvalue weighted by atomic mass is 9.89. The van der Waals surface area contributed by atoms with E-state index in [1.165, 1.54) is 18.2 Å². The van der Waals surface area contributed by atoms with Crippen LogP contribution < -0.4 is 0 Å².